The Morgan fingerprint density at radius 1 is 1.40 bits per heavy atom. The Labute approximate surface area is 125 Å². The van der Waals surface area contributed by atoms with Crippen molar-refractivity contribution in [3.8, 4) is 0 Å². The number of carboxylic acids is 1. The van der Waals surface area contributed by atoms with Crippen molar-refractivity contribution < 1.29 is 9.90 Å². The Balaban J connectivity index is -0.000000245. The van der Waals surface area contributed by atoms with Gasteiger partial charge in [0.2, 0.25) is 0 Å². The zero-order chi connectivity index (χ0) is 6.41. The average molecular weight is 176 g/mol. The van der Waals surface area contributed by atoms with E-state index in [4.69, 9.17) is 5.11 Å². The van der Waals surface area contributed by atoms with E-state index in [2.05, 4.69) is 0 Å². The van der Waals surface area contributed by atoms with Crippen molar-refractivity contribution in [2.75, 3.05) is 0 Å². The molecule has 1 N–H and O–H groups in total. The number of aliphatic carboxylic acids is 1. The Hall–Kier alpha value is 1.59. The minimum atomic E-state index is -0.914. The molecular weight excluding hydrogens is 166 g/mol. The van der Waals surface area contributed by atoms with Crippen LogP contribution in [-0.2, 0) is 4.79 Å². The molecule has 4 heteroatoms. The van der Waals surface area contributed by atoms with Gasteiger partial charge < -0.3 is 5.11 Å². The predicted octanol–water partition coefficient (Wildman–Crippen LogP) is -0.0937. The van der Waals surface area contributed by atoms with Crippen LogP contribution in [0.15, 0.2) is 24.3 Å². The van der Waals surface area contributed by atoms with E-state index >= 15 is 0 Å². The first-order valence-electron chi connectivity index (χ1n) is 2.29. The first kappa shape index (κ1) is 17.6. The van der Waals surface area contributed by atoms with Crippen LogP contribution in [0.5, 0.6) is 0 Å². The van der Waals surface area contributed by atoms with Crippen LogP contribution in [0, 0.1) is 0 Å². The normalized spacial score (nSPS) is 8.90. The van der Waals surface area contributed by atoms with E-state index < -0.39 is 5.97 Å². The first-order chi connectivity index (χ1) is 3.77. The van der Waals surface area contributed by atoms with Gasteiger partial charge in [-0.15, -0.1) is 0 Å². The average Bonchev–Trinajstić information content (AvgIpc) is 1.66. The molecule has 0 aromatic rings. The van der Waals surface area contributed by atoms with Crippen LogP contribution in [0.1, 0.15) is 6.92 Å². The Morgan fingerprint density at radius 3 is 2.20 bits per heavy atom. The van der Waals surface area contributed by atoms with Crippen molar-refractivity contribution in [1.29, 1.82) is 0 Å². The molecule has 0 radical (unpaired) electrons. The molecule has 0 aliphatic heterocycles. The first-order valence-corrected chi connectivity index (χ1v) is 2.29. The third-order valence-electron chi connectivity index (χ3n) is 0.542. The van der Waals surface area contributed by atoms with Crippen LogP contribution in [0.3, 0.4) is 0 Å². The van der Waals surface area contributed by atoms with E-state index in [-0.39, 0.29) is 80.9 Å². The second-order valence-corrected chi connectivity index (χ2v) is 1.22. The second kappa shape index (κ2) is 13.2. The molecule has 0 spiro atoms. The predicted molar refractivity (Wildman–Crippen MR) is 45.9 cm³/mol. The van der Waals surface area contributed by atoms with E-state index in [0.29, 0.717) is 0 Å². The molecule has 0 amide bonds. The number of carbonyl (C=O) groups is 1. The van der Waals surface area contributed by atoms with Crippen LogP contribution in [-0.4, -0.2) is 92.0 Å². The van der Waals surface area contributed by atoms with Crippen LogP contribution in [0.2, 0.25) is 0 Å². The summed E-state index contributed by atoms with van der Waals surface area (Å²) in [6.45, 7) is 1.83. The molecule has 0 saturated heterocycles. The molecule has 0 aliphatic carbocycles. The van der Waals surface area contributed by atoms with Gasteiger partial charge >= 0.3 is 86.9 Å². The Morgan fingerprint density at radius 2 is 1.90 bits per heavy atom. The van der Waals surface area contributed by atoms with E-state index in [0.717, 1.165) is 6.08 Å². The molecule has 10 heavy (non-hydrogen) atoms. The topological polar surface area (TPSA) is 37.3 Å². The van der Waals surface area contributed by atoms with Gasteiger partial charge in [-0.3, -0.25) is 0 Å². The van der Waals surface area contributed by atoms with Gasteiger partial charge in [0.1, 0.15) is 0 Å². The summed E-state index contributed by atoms with van der Waals surface area (Å²) in [5, 5.41) is 8.02. The molecule has 48 valence electrons. The number of rotatable bonds is 2. The van der Waals surface area contributed by atoms with Gasteiger partial charge in [-0.1, -0.05) is 18.2 Å². The van der Waals surface area contributed by atoms with Crippen LogP contribution in [0.25, 0.3) is 0 Å². The zero-order valence-corrected chi connectivity index (χ0v) is 4.66. The standard InChI is InChI=1S/C6H8O2.K.Na.2H/c1-2-3-4-5-6(7)8;;;;/h2-5H,1H3,(H,7,8);;;;. The van der Waals surface area contributed by atoms with E-state index in [1.165, 1.54) is 6.08 Å². The summed E-state index contributed by atoms with van der Waals surface area (Å²) in [6, 6.07) is 0. The summed E-state index contributed by atoms with van der Waals surface area (Å²) in [4.78, 5) is 9.75. The molecule has 0 fully saturated rings. The summed E-state index contributed by atoms with van der Waals surface area (Å²) >= 11 is 0. The van der Waals surface area contributed by atoms with Crippen molar-refractivity contribution in [3.05, 3.63) is 24.3 Å². The molecule has 0 aromatic heterocycles. The van der Waals surface area contributed by atoms with Gasteiger partial charge in [0, 0.05) is 6.08 Å². The molecule has 0 aliphatic rings. The van der Waals surface area contributed by atoms with Crippen molar-refractivity contribution >= 4 is 86.9 Å². The summed E-state index contributed by atoms with van der Waals surface area (Å²) in [6.07, 6.45) is 5.98. The molecule has 0 bridgehead atoms. The Bertz CT molecular complexity index is 132. The van der Waals surface area contributed by atoms with Crippen molar-refractivity contribution in [3.63, 3.8) is 0 Å². The molecule has 0 rings (SSSR count). The van der Waals surface area contributed by atoms with Crippen LogP contribution >= 0.6 is 0 Å². The van der Waals surface area contributed by atoms with Gasteiger partial charge in [-0.05, 0) is 6.92 Å². The van der Waals surface area contributed by atoms with Crippen molar-refractivity contribution in [1.82, 2.24) is 0 Å². The van der Waals surface area contributed by atoms with Crippen LogP contribution in [0.4, 0.5) is 0 Å². The number of carboxylic acid groups (broad SMARTS) is 1. The third-order valence-corrected chi connectivity index (χ3v) is 0.542. The fraction of sp³-hybridized carbons (Fsp3) is 0.167. The number of hydrogen-bond donors (Lipinski definition) is 1. The third kappa shape index (κ3) is 16.3. The fourth-order valence-electron chi connectivity index (χ4n) is 0.249. The zero-order valence-electron chi connectivity index (χ0n) is 4.66. The van der Waals surface area contributed by atoms with Crippen molar-refractivity contribution in [2.45, 2.75) is 6.92 Å². The Kier molecular flexibility index (Phi) is 23.2. The van der Waals surface area contributed by atoms with Gasteiger partial charge in [-0.2, -0.15) is 0 Å². The van der Waals surface area contributed by atoms with E-state index in [9.17, 15) is 4.79 Å². The minimum absolute atomic E-state index is 0. The monoisotopic (exact) mass is 176 g/mol. The SMILES string of the molecule is CC=CC=CC(=O)O.[KH].[NaH]. The number of allylic oxidation sites excluding steroid dienone is 3. The summed E-state index contributed by atoms with van der Waals surface area (Å²) < 4.78 is 0. The van der Waals surface area contributed by atoms with Gasteiger partial charge in [-0.25, -0.2) is 4.79 Å². The van der Waals surface area contributed by atoms with Gasteiger partial charge in [0.05, 0.1) is 0 Å². The quantitative estimate of drug-likeness (QED) is 0.362. The maximum absolute atomic E-state index is 9.75. The van der Waals surface area contributed by atoms with Crippen molar-refractivity contribution in [2.24, 2.45) is 0 Å². The summed E-state index contributed by atoms with van der Waals surface area (Å²) in [5.41, 5.74) is 0. The van der Waals surface area contributed by atoms with Crippen LogP contribution < -0.4 is 0 Å². The van der Waals surface area contributed by atoms with E-state index in [1.54, 1.807) is 12.2 Å². The number of hydrogen-bond acceptors (Lipinski definition) is 1. The molecule has 0 unspecified atom stereocenters. The summed E-state index contributed by atoms with van der Waals surface area (Å²) in [7, 11) is 0. The molecule has 0 atom stereocenters. The van der Waals surface area contributed by atoms with E-state index in [1.807, 2.05) is 6.92 Å². The maximum atomic E-state index is 9.75. The molecule has 0 heterocycles. The fourth-order valence-corrected chi connectivity index (χ4v) is 0.249. The van der Waals surface area contributed by atoms with Gasteiger partial charge in [0.15, 0.2) is 0 Å². The summed E-state index contributed by atoms with van der Waals surface area (Å²) in [5.74, 6) is -0.914. The molecular formula is C6H10KNaO2. The molecule has 0 saturated carbocycles. The molecule has 2 nitrogen and oxygen atoms in total. The molecule has 0 aromatic carbocycles. The van der Waals surface area contributed by atoms with Gasteiger partial charge in [0.25, 0.3) is 0 Å². The second-order valence-electron chi connectivity index (χ2n) is 1.22.